The molecular formula is C15H10BrNO2. The molecule has 0 saturated heterocycles. The molecule has 0 spiro atoms. The summed E-state index contributed by atoms with van der Waals surface area (Å²) in [5.41, 5.74) is 2.28. The lowest BCUT2D eigenvalue weighted by molar-refractivity contribution is -0.116. The van der Waals surface area contributed by atoms with E-state index in [1.54, 1.807) is 0 Å². The van der Waals surface area contributed by atoms with Crippen LogP contribution in [0.25, 0.3) is 0 Å². The Morgan fingerprint density at radius 2 is 1.74 bits per heavy atom. The maximum Gasteiger partial charge on any atom is 0.247 e. The first kappa shape index (κ1) is 12.1. The number of carbonyl (C=O) groups excluding carboxylic acids is 1. The predicted molar refractivity (Wildman–Crippen MR) is 76.8 cm³/mol. The molecule has 19 heavy (non-hydrogen) atoms. The highest BCUT2D eigenvalue weighted by Gasteiger charge is 2.38. The second-order valence-corrected chi connectivity index (χ2v) is 5.34. The quantitative estimate of drug-likeness (QED) is 0.628. The molecule has 0 amide bonds. The third-order valence-electron chi connectivity index (χ3n) is 2.91. The van der Waals surface area contributed by atoms with Gasteiger partial charge in [-0.2, -0.15) is 0 Å². The van der Waals surface area contributed by atoms with Crippen LogP contribution in [0, 0.1) is 0 Å². The van der Waals surface area contributed by atoms with Crippen LogP contribution in [0.3, 0.4) is 0 Å². The molecule has 2 aromatic rings. The van der Waals surface area contributed by atoms with Crippen LogP contribution in [-0.2, 0) is 14.0 Å². The summed E-state index contributed by atoms with van der Waals surface area (Å²) in [5.74, 6) is 0.434. The number of ether oxygens (including phenoxy) is 1. The summed E-state index contributed by atoms with van der Waals surface area (Å²) >= 11 is 3.36. The fraction of sp³-hybridized carbons (Fsp3) is 0.0667. The van der Waals surface area contributed by atoms with Gasteiger partial charge < -0.3 is 4.74 Å². The van der Waals surface area contributed by atoms with E-state index in [-0.39, 0.29) is 0 Å². The molecule has 3 rings (SSSR count). The zero-order chi connectivity index (χ0) is 13.3. The number of aliphatic imine (C=N–C) groups is 1. The van der Waals surface area contributed by atoms with E-state index in [4.69, 9.17) is 4.74 Å². The van der Waals surface area contributed by atoms with Gasteiger partial charge in [0.05, 0.1) is 5.69 Å². The van der Waals surface area contributed by atoms with Crippen LogP contribution in [0.5, 0.6) is 0 Å². The van der Waals surface area contributed by atoms with Gasteiger partial charge in [-0.15, -0.1) is 0 Å². The molecule has 1 heterocycles. The number of rotatable bonds is 2. The largest absolute Gasteiger partial charge is 0.447 e. The highest BCUT2D eigenvalue weighted by atomic mass is 79.9. The van der Waals surface area contributed by atoms with Crippen molar-refractivity contribution in [2.24, 2.45) is 4.99 Å². The number of aldehydes is 1. The monoisotopic (exact) mass is 315 g/mol. The first-order valence-corrected chi connectivity index (χ1v) is 6.60. The minimum Gasteiger partial charge on any atom is -0.447 e. The maximum atomic E-state index is 11.4. The van der Waals surface area contributed by atoms with Crippen molar-refractivity contribution in [3.8, 4) is 0 Å². The van der Waals surface area contributed by atoms with Crippen molar-refractivity contribution in [3.05, 3.63) is 65.7 Å². The maximum absolute atomic E-state index is 11.4. The second kappa shape index (κ2) is 4.63. The summed E-state index contributed by atoms with van der Waals surface area (Å²) in [6.45, 7) is 0. The van der Waals surface area contributed by atoms with Crippen molar-refractivity contribution >= 4 is 33.8 Å². The molecule has 1 atom stereocenters. The van der Waals surface area contributed by atoms with Crippen LogP contribution in [-0.4, -0.2) is 12.2 Å². The average molecular weight is 316 g/mol. The molecule has 1 unspecified atom stereocenters. The number of fused-ring (bicyclic) bond motifs is 1. The van der Waals surface area contributed by atoms with Crippen LogP contribution >= 0.6 is 15.9 Å². The van der Waals surface area contributed by atoms with Gasteiger partial charge >= 0.3 is 0 Å². The molecule has 0 bridgehead atoms. The molecule has 0 N–H and O–H groups in total. The summed E-state index contributed by atoms with van der Waals surface area (Å²) in [5, 5.41) is 0. The summed E-state index contributed by atoms with van der Waals surface area (Å²) in [6.07, 6.45) is 0.740. The number of benzene rings is 2. The smallest absolute Gasteiger partial charge is 0.247 e. The van der Waals surface area contributed by atoms with E-state index >= 15 is 0 Å². The van der Waals surface area contributed by atoms with Gasteiger partial charge in [-0.05, 0) is 34.1 Å². The van der Waals surface area contributed by atoms with Gasteiger partial charge in [0.25, 0.3) is 0 Å². The lowest BCUT2D eigenvalue weighted by Gasteiger charge is -2.29. The number of halogens is 1. The summed E-state index contributed by atoms with van der Waals surface area (Å²) < 4.78 is 4.56. The summed E-state index contributed by atoms with van der Waals surface area (Å²) in [7, 11) is 0. The molecule has 0 saturated carbocycles. The molecule has 0 fully saturated rings. The van der Waals surface area contributed by atoms with Crippen molar-refractivity contribution < 1.29 is 9.53 Å². The van der Waals surface area contributed by atoms with Crippen LogP contribution in [0.4, 0.5) is 5.69 Å². The minimum atomic E-state index is -1.17. The Balaban J connectivity index is 2.16. The molecule has 0 radical (unpaired) electrons. The third kappa shape index (κ3) is 2.08. The zero-order valence-electron chi connectivity index (χ0n) is 9.92. The number of alkyl halides is 1. The molecule has 94 valence electrons. The number of hydrogen-bond donors (Lipinski definition) is 0. The summed E-state index contributed by atoms with van der Waals surface area (Å²) in [4.78, 5) is 15.9. The van der Waals surface area contributed by atoms with E-state index in [2.05, 4.69) is 20.9 Å². The average Bonchev–Trinajstić information content (AvgIpc) is 2.48. The van der Waals surface area contributed by atoms with Crippen molar-refractivity contribution in [1.82, 2.24) is 0 Å². The van der Waals surface area contributed by atoms with Gasteiger partial charge in [0.1, 0.15) is 0 Å². The van der Waals surface area contributed by atoms with E-state index in [1.807, 2.05) is 54.6 Å². The van der Waals surface area contributed by atoms with Gasteiger partial charge in [0.15, 0.2) is 6.29 Å². The predicted octanol–water partition coefficient (Wildman–Crippen LogP) is 3.54. The van der Waals surface area contributed by atoms with Gasteiger partial charge in [-0.3, -0.25) is 4.79 Å². The fourth-order valence-electron chi connectivity index (χ4n) is 1.98. The third-order valence-corrected chi connectivity index (χ3v) is 3.69. The van der Waals surface area contributed by atoms with Crippen LogP contribution < -0.4 is 0 Å². The van der Waals surface area contributed by atoms with Gasteiger partial charge in [0.2, 0.25) is 10.4 Å². The van der Waals surface area contributed by atoms with Gasteiger partial charge in [-0.25, -0.2) is 4.99 Å². The standard InChI is InChI=1S/C15H10BrNO2/c16-15(10-18)12-8-4-5-9-13(12)17-14(19-15)11-6-2-1-3-7-11/h1-10H. The van der Waals surface area contributed by atoms with Crippen molar-refractivity contribution in [3.63, 3.8) is 0 Å². The topological polar surface area (TPSA) is 38.7 Å². The Bertz CT molecular complexity index is 654. The SMILES string of the molecule is O=CC1(Br)OC(c2ccccc2)=Nc2ccccc21. The second-order valence-electron chi connectivity index (χ2n) is 4.17. The first-order chi connectivity index (χ1) is 9.23. The van der Waals surface area contributed by atoms with E-state index < -0.39 is 4.51 Å². The van der Waals surface area contributed by atoms with E-state index in [9.17, 15) is 4.79 Å². The Kier molecular flexibility index (Phi) is 2.95. The zero-order valence-corrected chi connectivity index (χ0v) is 11.5. The molecule has 2 aromatic carbocycles. The fourth-order valence-corrected chi connectivity index (χ4v) is 2.47. The van der Waals surface area contributed by atoms with Crippen LogP contribution in [0.1, 0.15) is 11.1 Å². The molecule has 0 aromatic heterocycles. The molecular weight excluding hydrogens is 306 g/mol. The molecule has 0 aliphatic carbocycles. The van der Waals surface area contributed by atoms with E-state index in [1.165, 1.54) is 0 Å². The Labute approximate surface area is 119 Å². The lowest BCUT2D eigenvalue weighted by Crippen LogP contribution is -2.31. The van der Waals surface area contributed by atoms with Crippen molar-refractivity contribution in [2.45, 2.75) is 4.51 Å². The molecule has 1 aliphatic heterocycles. The Morgan fingerprint density at radius 3 is 2.47 bits per heavy atom. The van der Waals surface area contributed by atoms with E-state index in [0.717, 1.165) is 17.5 Å². The number of nitrogens with zero attached hydrogens (tertiary/aromatic N) is 1. The molecule has 4 heteroatoms. The van der Waals surface area contributed by atoms with Crippen molar-refractivity contribution in [2.75, 3.05) is 0 Å². The summed E-state index contributed by atoms with van der Waals surface area (Å²) in [6, 6.07) is 16.9. The van der Waals surface area contributed by atoms with Gasteiger partial charge in [0, 0.05) is 11.1 Å². The van der Waals surface area contributed by atoms with E-state index in [0.29, 0.717) is 11.5 Å². The van der Waals surface area contributed by atoms with Crippen LogP contribution in [0.15, 0.2) is 59.6 Å². The van der Waals surface area contributed by atoms with Crippen molar-refractivity contribution in [1.29, 1.82) is 0 Å². The van der Waals surface area contributed by atoms with Crippen LogP contribution in [0.2, 0.25) is 0 Å². The Morgan fingerprint density at radius 1 is 1.05 bits per heavy atom. The normalized spacial score (nSPS) is 21.0. The number of para-hydroxylation sites is 1. The number of hydrogen-bond acceptors (Lipinski definition) is 3. The highest BCUT2D eigenvalue weighted by Crippen LogP contribution is 2.41. The minimum absolute atomic E-state index is 0.434. The lowest BCUT2D eigenvalue weighted by atomic mass is 10.1. The Hall–Kier alpha value is -1.94. The molecule has 1 aliphatic rings. The highest BCUT2D eigenvalue weighted by molar-refractivity contribution is 9.10. The molecule has 3 nitrogen and oxygen atoms in total. The van der Waals surface area contributed by atoms with Gasteiger partial charge in [-0.1, -0.05) is 36.4 Å². The number of carbonyl (C=O) groups is 1. The first-order valence-electron chi connectivity index (χ1n) is 5.81.